The lowest BCUT2D eigenvalue weighted by Crippen LogP contribution is -2.06. The van der Waals surface area contributed by atoms with Crippen LogP contribution in [0.1, 0.15) is 29.8 Å². The molecule has 1 rings (SSSR count). The van der Waals surface area contributed by atoms with Crippen LogP contribution in [0.2, 0.25) is 0 Å². The van der Waals surface area contributed by atoms with E-state index in [4.69, 9.17) is 9.84 Å². The van der Waals surface area contributed by atoms with Crippen LogP contribution in [0.25, 0.3) is 0 Å². The van der Waals surface area contributed by atoms with Crippen molar-refractivity contribution in [2.45, 2.75) is 26.4 Å². The van der Waals surface area contributed by atoms with Gasteiger partial charge in [0.15, 0.2) is 0 Å². The van der Waals surface area contributed by atoms with Crippen molar-refractivity contribution in [3.63, 3.8) is 0 Å². The Morgan fingerprint density at radius 2 is 2.12 bits per heavy atom. The van der Waals surface area contributed by atoms with Crippen molar-refractivity contribution in [3.05, 3.63) is 29.3 Å². The smallest absolute Gasteiger partial charge is 0.339 e. The van der Waals surface area contributed by atoms with E-state index in [2.05, 4.69) is 0 Å². The maximum atomic E-state index is 10.7. The lowest BCUT2D eigenvalue weighted by molar-refractivity contribution is 0.0693. The monoisotopic (exact) mass is 224 g/mol. The van der Waals surface area contributed by atoms with Gasteiger partial charge in [0.2, 0.25) is 0 Å². The van der Waals surface area contributed by atoms with E-state index in [1.54, 1.807) is 6.07 Å². The van der Waals surface area contributed by atoms with Crippen LogP contribution in [0.15, 0.2) is 18.2 Å². The molecule has 0 bridgehead atoms. The molecule has 4 nitrogen and oxygen atoms in total. The summed E-state index contributed by atoms with van der Waals surface area (Å²) in [5, 5.41) is 18.2. The third-order valence-electron chi connectivity index (χ3n) is 2.13. The van der Waals surface area contributed by atoms with E-state index in [0.29, 0.717) is 13.0 Å². The third kappa shape index (κ3) is 3.55. The Hall–Kier alpha value is -1.55. The number of ether oxygens (including phenoxy) is 1. The molecule has 0 spiro atoms. The van der Waals surface area contributed by atoms with Crippen molar-refractivity contribution in [2.75, 3.05) is 6.61 Å². The zero-order valence-corrected chi connectivity index (χ0v) is 9.43. The van der Waals surface area contributed by atoms with Crippen LogP contribution in [0.3, 0.4) is 0 Å². The molecule has 0 aliphatic rings. The van der Waals surface area contributed by atoms with Gasteiger partial charge in [-0.1, -0.05) is 6.07 Å². The molecular weight excluding hydrogens is 208 g/mol. The topological polar surface area (TPSA) is 66.8 Å². The first-order chi connectivity index (χ1) is 7.50. The van der Waals surface area contributed by atoms with Crippen molar-refractivity contribution >= 4 is 5.97 Å². The molecule has 16 heavy (non-hydrogen) atoms. The molecule has 0 saturated carbocycles. The van der Waals surface area contributed by atoms with Crippen LogP contribution >= 0.6 is 0 Å². The van der Waals surface area contributed by atoms with Crippen LogP contribution < -0.4 is 0 Å². The fourth-order valence-corrected chi connectivity index (χ4v) is 1.33. The van der Waals surface area contributed by atoms with Gasteiger partial charge in [-0.3, -0.25) is 0 Å². The van der Waals surface area contributed by atoms with Crippen LogP contribution in [-0.2, 0) is 11.2 Å². The highest BCUT2D eigenvalue weighted by molar-refractivity contribution is 5.90. The van der Waals surface area contributed by atoms with Gasteiger partial charge < -0.3 is 14.9 Å². The highest BCUT2D eigenvalue weighted by Crippen LogP contribution is 2.19. The van der Waals surface area contributed by atoms with Crippen molar-refractivity contribution in [3.8, 4) is 5.75 Å². The second kappa shape index (κ2) is 5.51. The molecule has 0 aromatic heterocycles. The van der Waals surface area contributed by atoms with Gasteiger partial charge in [-0.05, 0) is 38.0 Å². The zero-order valence-electron chi connectivity index (χ0n) is 9.43. The van der Waals surface area contributed by atoms with E-state index in [9.17, 15) is 9.90 Å². The lowest BCUT2D eigenvalue weighted by Gasteiger charge is -2.08. The zero-order chi connectivity index (χ0) is 12.1. The molecule has 4 heteroatoms. The van der Waals surface area contributed by atoms with Gasteiger partial charge in [-0.25, -0.2) is 4.79 Å². The number of rotatable bonds is 5. The van der Waals surface area contributed by atoms with E-state index in [1.807, 2.05) is 13.8 Å². The fourth-order valence-electron chi connectivity index (χ4n) is 1.33. The third-order valence-corrected chi connectivity index (χ3v) is 2.13. The normalized spacial score (nSPS) is 10.7. The van der Waals surface area contributed by atoms with E-state index >= 15 is 0 Å². The van der Waals surface area contributed by atoms with E-state index in [-0.39, 0.29) is 17.4 Å². The number of carboxylic acids is 1. The van der Waals surface area contributed by atoms with Crippen molar-refractivity contribution < 1.29 is 19.7 Å². The second-order valence-corrected chi connectivity index (χ2v) is 3.83. The maximum absolute atomic E-state index is 10.7. The first-order valence-electron chi connectivity index (χ1n) is 5.17. The first kappa shape index (κ1) is 12.5. The van der Waals surface area contributed by atoms with Crippen LogP contribution in [0.4, 0.5) is 0 Å². The minimum atomic E-state index is -1.12. The maximum Gasteiger partial charge on any atom is 0.339 e. The number of benzene rings is 1. The summed E-state index contributed by atoms with van der Waals surface area (Å²) in [6.45, 7) is 4.46. The summed E-state index contributed by atoms with van der Waals surface area (Å²) >= 11 is 0. The summed E-state index contributed by atoms with van der Waals surface area (Å²) in [5.41, 5.74) is 0.789. The molecule has 0 amide bonds. The molecule has 0 fully saturated rings. The largest absolute Gasteiger partial charge is 0.507 e. The number of carbonyl (C=O) groups is 1. The van der Waals surface area contributed by atoms with Gasteiger partial charge in [0.05, 0.1) is 12.7 Å². The highest BCUT2D eigenvalue weighted by atomic mass is 16.5. The van der Waals surface area contributed by atoms with Gasteiger partial charge in [-0.2, -0.15) is 0 Å². The fraction of sp³-hybridized carbons (Fsp3) is 0.417. The molecule has 0 aliphatic heterocycles. The van der Waals surface area contributed by atoms with Crippen molar-refractivity contribution in [2.24, 2.45) is 0 Å². The summed E-state index contributed by atoms with van der Waals surface area (Å²) in [4.78, 5) is 10.7. The van der Waals surface area contributed by atoms with Gasteiger partial charge in [0.1, 0.15) is 11.3 Å². The minimum absolute atomic E-state index is 0.0754. The Kier molecular flexibility index (Phi) is 4.31. The van der Waals surface area contributed by atoms with Gasteiger partial charge in [0, 0.05) is 0 Å². The predicted octanol–water partition coefficient (Wildman–Crippen LogP) is 2.06. The molecule has 0 unspecified atom stereocenters. The molecule has 0 saturated heterocycles. The van der Waals surface area contributed by atoms with Crippen LogP contribution in [-0.4, -0.2) is 28.9 Å². The standard InChI is InChI=1S/C12H16O4/c1-8(2)16-6-5-9-3-4-10(12(14)15)11(13)7-9/h3-4,7-8,13H,5-6H2,1-2H3,(H,14,15). The molecule has 1 aromatic rings. The number of hydrogen-bond donors (Lipinski definition) is 2. The van der Waals surface area contributed by atoms with Gasteiger partial charge in [-0.15, -0.1) is 0 Å². The Bertz CT molecular complexity index is 371. The van der Waals surface area contributed by atoms with Crippen LogP contribution in [0, 0.1) is 0 Å². The van der Waals surface area contributed by atoms with Crippen molar-refractivity contribution in [1.29, 1.82) is 0 Å². The highest BCUT2D eigenvalue weighted by Gasteiger charge is 2.09. The molecule has 0 aliphatic carbocycles. The number of phenols is 1. The lowest BCUT2D eigenvalue weighted by atomic mass is 10.1. The number of aromatic carboxylic acids is 1. The van der Waals surface area contributed by atoms with E-state index in [1.165, 1.54) is 12.1 Å². The summed E-state index contributed by atoms with van der Waals surface area (Å²) in [5.74, 6) is -1.32. The molecule has 88 valence electrons. The number of aromatic hydroxyl groups is 1. The van der Waals surface area contributed by atoms with Crippen molar-refractivity contribution in [1.82, 2.24) is 0 Å². The number of hydrogen-bond acceptors (Lipinski definition) is 3. The Labute approximate surface area is 94.5 Å². The number of carboxylic acid groups (broad SMARTS) is 1. The molecule has 0 atom stereocenters. The Morgan fingerprint density at radius 1 is 1.44 bits per heavy atom. The van der Waals surface area contributed by atoms with E-state index < -0.39 is 5.97 Å². The molecule has 1 aromatic carbocycles. The molecular formula is C12H16O4. The molecule has 2 N–H and O–H groups in total. The SMILES string of the molecule is CC(C)OCCc1ccc(C(=O)O)c(O)c1. The average molecular weight is 224 g/mol. The van der Waals surface area contributed by atoms with Gasteiger partial charge >= 0.3 is 5.97 Å². The first-order valence-corrected chi connectivity index (χ1v) is 5.17. The Morgan fingerprint density at radius 3 is 2.62 bits per heavy atom. The summed E-state index contributed by atoms with van der Waals surface area (Å²) < 4.78 is 5.37. The van der Waals surface area contributed by atoms with Gasteiger partial charge in [0.25, 0.3) is 0 Å². The average Bonchev–Trinajstić information content (AvgIpc) is 2.16. The summed E-state index contributed by atoms with van der Waals surface area (Å²) in [7, 11) is 0. The quantitative estimate of drug-likeness (QED) is 0.803. The molecule has 0 heterocycles. The van der Waals surface area contributed by atoms with E-state index in [0.717, 1.165) is 5.56 Å². The van der Waals surface area contributed by atoms with Crippen LogP contribution in [0.5, 0.6) is 5.75 Å². The second-order valence-electron chi connectivity index (χ2n) is 3.83. The summed E-state index contributed by atoms with van der Waals surface area (Å²) in [6, 6.07) is 4.56. The predicted molar refractivity (Wildman–Crippen MR) is 59.9 cm³/mol. The summed E-state index contributed by atoms with van der Waals surface area (Å²) in [6.07, 6.45) is 0.831. The Balaban J connectivity index is 2.63. The molecule has 0 radical (unpaired) electrons. The minimum Gasteiger partial charge on any atom is -0.507 e.